The minimum Gasteiger partial charge on any atom is -0.461 e. The van der Waals surface area contributed by atoms with E-state index in [2.05, 4.69) is 0 Å². The molecule has 7 heteroatoms. The number of carbonyl (C=O) groups is 1. The van der Waals surface area contributed by atoms with E-state index < -0.39 is 16.5 Å². The number of hydrogen-bond acceptors (Lipinski definition) is 6. The van der Waals surface area contributed by atoms with Crippen LogP contribution in [0.1, 0.15) is 22.3 Å². The van der Waals surface area contributed by atoms with E-state index in [1.54, 1.807) is 12.1 Å². The minimum atomic E-state index is -0.616. The number of ether oxygens (including phenoxy) is 1. The molecule has 0 aliphatic rings. The molecule has 0 aliphatic heterocycles. The monoisotopic (exact) mass is 367 g/mol. The van der Waals surface area contributed by atoms with Crippen molar-refractivity contribution >= 4 is 22.6 Å². The van der Waals surface area contributed by atoms with Gasteiger partial charge < -0.3 is 9.15 Å². The SMILES string of the molecule is Cc1cc2oc(=O)cc(COC(=O)Cc3ccccc3[N+](=O)[O-])c2cc1C. The van der Waals surface area contributed by atoms with E-state index in [4.69, 9.17) is 9.15 Å². The second-order valence-electron chi connectivity index (χ2n) is 6.25. The van der Waals surface area contributed by atoms with Crippen molar-refractivity contribution in [2.24, 2.45) is 0 Å². The van der Waals surface area contributed by atoms with Crippen molar-refractivity contribution in [1.29, 1.82) is 0 Å². The van der Waals surface area contributed by atoms with Crippen LogP contribution in [-0.2, 0) is 22.6 Å². The second-order valence-corrected chi connectivity index (χ2v) is 6.25. The Hall–Kier alpha value is -3.48. The van der Waals surface area contributed by atoms with E-state index in [-0.39, 0.29) is 24.3 Å². The van der Waals surface area contributed by atoms with Crippen LogP contribution in [0, 0.1) is 24.0 Å². The summed E-state index contributed by atoms with van der Waals surface area (Å²) in [7, 11) is 0. The molecule has 0 fully saturated rings. The summed E-state index contributed by atoms with van der Waals surface area (Å²) in [6, 6.07) is 10.9. The van der Waals surface area contributed by atoms with Crippen molar-refractivity contribution in [3.63, 3.8) is 0 Å². The molecule has 27 heavy (non-hydrogen) atoms. The van der Waals surface area contributed by atoms with Gasteiger partial charge in [-0.1, -0.05) is 18.2 Å². The van der Waals surface area contributed by atoms with Crippen LogP contribution >= 0.6 is 0 Å². The molecule has 0 radical (unpaired) electrons. The average Bonchev–Trinajstić information content (AvgIpc) is 2.61. The van der Waals surface area contributed by atoms with Crippen LogP contribution in [0.25, 0.3) is 11.0 Å². The number of para-hydroxylation sites is 1. The number of hydrogen-bond donors (Lipinski definition) is 0. The van der Waals surface area contributed by atoms with Gasteiger partial charge in [-0.3, -0.25) is 14.9 Å². The topological polar surface area (TPSA) is 99.7 Å². The van der Waals surface area contributed by atoms with E-state index in [9.17, 15) is 19.7 Å². The zero-order chi connectivity index (χ0) is 19.6. The molecule has 0 atom stereocenters. The Labute approximate surface area is 154 Å². The molecule has 0 spiro atoms. The maximum absolute atomic E-state index is 12.2. The molecule has 0 saturated heterocycles. The van der Waals surface area contributed by atoms with Crippen molar-refractivity contribution in [2.45, 2.75) is 26.9 Å². The molecular weight excluding hydrogens is 350 g/mol. The third-order valence-corrected chi connectivity index (χ3v) is 4.36. The van der Waals surface area contributed by atoms with E-state index >= 15 is 0 Å². The first-order valence-electron chi connectivity index (χ1n) is 8.27. The van der Waals surface area contributed by atoms with Gasteiger partial charge in [-0.15, -0.1) is 0 Å². The van der Waals surface area contributed by atoms with Gasteiger partial charge in [0.2, 0.25) is 0 Å². The van der Waals surface area contributed by atoms with Gasteiger partial charge in [0.15, 0.2) is 0 Å². The van der Waals surface area contributed by atoms with Crippen LogP contribution in [0.2, 0.25) is 0 Å². The Kier molecular flexibility index (Phi) is 5.03. The standard InChI is InChI=1S/C20H17NO6/c1-12-7-16-15(10-20(23)27-18(16)8-13(12)2)11-26-19(22)9-14-5-3-4-6-17(14)21(24)25/h3-8,10H,9,11H2,1-2H3. The molecule has 2 aromatic carbocycles. The van der Waals surface area contributed by atoms with E-state index in [0.29, 0.717) is 16.5 Å². The molecule has 1 aromatic heterocycles. The fourth-order valence-electron chi connectivity index (χ4n) is 2.81. The van der Waals surface area contributed by atoms with Crippen LogP contribution in [0.3, 0.4) is 0 Å². The minimum absolute atomic E-state index is 0.121. The van der Waals surface area contributed by atoms with Crippen LogP contribution in [0.4, 0.5) is 5.69 Å². The Morgan fingerprint density at radius 1 is 1.11 bits per heavy atom. The molecule has 0 N–H and O–H groups in total. The Balaban J connectivity index is 1.81. The first-order valence-corrected chi connectivity index (χ1v) is 8.27. The zero-order valence-electron chi connectivity index (χ0n) is 14.9. The second kappa shape index (κ2) is 7.41. The van der Waals surface area contributed by atoms with Gasteiger partial charge in [0.1, 0.15) is 12.2 Å². The number of esters is 1. The van der Waals surface area contributed by atoms with Gasteiger partial charge in [0.25, 0.3) is 5.69 Å². The lowest BCUT2D eigenvalue weighted by molar-refractivity contribution is -0.385. The molecule has 3 aromatic rings. The number of carbonyl (C=O) groups excluding carboxylic acids is 1. The highest BCUT2D eigenvalue weighted by Crippen LogP contribution is 2.23. The third-order valence-electron chi connectivity index (χ3n) is 4.36. The molecule has 3 rings (SSSR count). The summed E-state index contributed by atoms with van der Waals surface area (Å²) in [4.78, 5) is 34.4. The summed E-state index contributed by atoms with van der Waals surface area (Å²) in [5.74, 6) is -0.616. The lowest BCUT2D eigenvalue weighted by atomic mass is 10.0. The van der Waals surface area contributed by atoms with Crippen LogP contribution in [0.5, 0.6) is 0 Å². The number of nitrogens with zero attached hydrogens (tertiary/aromatic N) is 1. The molecule has 0 amide bonds. The van der Waals surface area contributed by atoms with Crippen molar-refractivity contribution in [1.82, 2.24) is 0 Å². The van der Waals surface area contributed by atoms with Gasteiger partial charge >= 0.3 is 11.6 Å². The van der Waals surface area contributed by atoms with Crippen molar-refractivity contribution in [3.8, 4) is 0 Å². The van der Waals surface area contributed by atoms with Gasteiger partial charge in [0.05, 0.1) is 11.3 Å². The fourth-order valence-corrected chi connectivity index (χ4v) is 2.81. The maximum Gasteiger partial charge on any atom is 0.336 e. The van der Waals surface area contributed by atoms with Gasteiger partial charge in [0, 0.05) is 28.6 Å². The summed E-state index contributed by atoms with van der Waals surface area (Å²) in [5.41, 5.74) is 2.56. The van der Waals surface area contributed by atoms with E-state index in [1.807, 2.05) is 19.9 Å². The molecule has 0 saturated carbocycles. The molecule has 0 aliphatic carbocycles. The normalized spacial score (nSPS) is 10.7. The summed E-state index contributed by atoms with van der Waals surface area (Å²) < 4.78 is 10.5. The van der Waals surface area contributed by atoms with Crippen LogP contribution in [-0.4, -0.2) is 10.9 Å². The zero-order valence-corrected chi connectivity index (χ0v) is 14.9. The molecular formula is C20H17NO6. The first kappa shape index (κ1) is 18.3. The highest BCUT2D eigenvalue weighted by atomic mass is 16.6. The Morgan fingerprint density at radius 2 is 1.81 bits per heavy atom. The molecule has 7 nitrogen and oxygen atoms in total. The highest BCUT2D eigenvalue weighted by molar-refractivity contribution is 5.82. The number of rotatable bonds is 5. The fraction of sp³-hybridized carbons (Fsp3) is 0.200. The quantitative estimate of drug-likeness (QED) is 0.296. The van der Waals surface area contributed by atoms with Crippen LogP contribution in [0.15, 0.2) is 51.7 Å². The smallest absolute Gasteiger partial charge is 0.336 e. The largest absolute Gasteiger partial charge is 0.461 e. The number of nitro benzene ring substituents is 1. The highest BCUT2D eigenvalue weighted by Gasteiger charge is 2.17. The number of fused-ring (bicyclic) bond motifs is 1. The molecule has 1 heterocycles. The van der Waals surface area contributed by atoms with E-state index in [1.165, 1.54) is 24.3 Å². The lowest BCUT2D eigenvalue weighted by Crippen LogP contribution is -2.11. The van der Waals surface area contributed by atoms with Crippen molar-refractivity contribution < 1.29 is 18.9 Å². The number of nitro groups is 1. The summed E-state index contributed by atoms with van der Waals surface area (Å²) in [6.07, 6.45) is -0.228. The predicted molar refractivity (Wildman–Crippen MR) is 98.6 cm³/mol. The third kappa shape index (κ3) is 4.03. The lowest BCUT2D eigenvalue weighted by Gasteiger charge is -2.09. The maximum atomic E-state index is 12.2. The predicted octanol–water partition coefficient (Wildman–Crippen LogP) is 3.60. The number of aryl methyl sites for hydroxylation is 2. The molecule has 138 valence electrons. The van der Waals surface area contributed by atoms with Crippen molar-refractivity contribution in [2.75, 3.05) is 0 Å². The van der Waals surface area contributed by atoms with Crippen LogP contribution < -0.4 is 5.63 Å². The van der Waals surface area contributed by atoms with Gasteiger partial charge in [-0.05, 0) is 37.1 Å². The first-order chi connectivity index (χ1) is 12.8. The molecule has 0 unspecified atom stereocenters. The summed E-state index contributed by atoms with van der Waals surface area (Å²) >= 11 is 0. The summed E-state index contributed by atoms with van der Waals surface area (Å²) in [5, 5.41) is 11.7. The summed E-state index contributed by atoms with van der Waals surface area (Å²) in [6.45, 7) is 3.72. The Morgan fingerprint density at radius 3 is 2.56 bits per heavy atom. The Bertz CT molecular complexity index is 1100. The average molecular weight is 367 g/mol. The van der Waals surface area contributed by atoms with Gasteiger partial charge in [-0.25, -0.2) is 4.79 Å². The van der Waals surface area contributed by atoms with Gasteiger partial charge in [-0.2, -0.15) is 0 Å². The number of benzene rings is 2. The van der Waals surface area contributed by atoms with E-state index in [0.717, 1.165) is 11.1 Å². The molecule has 0 bridgehead atoms. The van der Waals surface area contributed by atoms with Crippen molar-refractivity contribution in [3.05, 3.63) is 85.3 Å².